The SMILES string of the molecule is N#Cc1ccc(-c2nc(-c3ncccc3Br)no2)[nH]1. The van der Waals surface area contributed by atoms with Crippen molar-refractivity contribution in [1.82, 2.24) is 20.1 Å². The van der Waals surface area contributed by atoms with E-state index in [0.717, 1.165) is 4.47 Å². The lowest BCUT2D eigenvalue weighted by molar-refractivity contribution is 0.431. The summed E-state index contributed by atoms with van der Waals surface area (Å²) in [6, 6.07) is 9.01. The van der Waals surface area contributed by atoms with Crippen LogP contribution in [0.25, 0.3) is 23.1 Å². The maximum atomic E-state index is 8.75. The second kappa shape index (κ2) is 4.66. The molecule has 6 nitrogen and oxygen atoms in total. The Labute approximate surface area is 116 Å². The average molecular weight is 316 g/mol. The van der Waals surface area contributed by atoms with Crippen molar-refractivity contribution >= 4 is 15.9 Å². The standard InChI is InChI=1S/C12H6BrN5O/c13-8-2-1-5-15-10(8)11-17-12(19-18-11)9-4-3-7(6-14)16-9/h1-5,16H. The van der Waals surface area contributed by atoms with Crippen LogP contribution in [-0.4, -0.2) is 20.1 Å². The Morgan fingerprint density at radius 3 is 2.95 bits per heavy atom. The molecular formula is C12H6BrN5O. The number of aromatic amines is 1. The average Bonchev–Trinajstić information content (AvgIpc) is 3.08. The lowest BCUT2D eigenvalue weighted by Crippen LogP contribution is -1.86. The molecule has 0 spiro atoms. The maximum absolute atomic E-state index is 8.75. The molecule has 0 fully saturated rings. The van der Waals surface area contributed by atoms with Gasteiger partial charge in [0.15, 0.2) is 0 Å². The minimum Gasteiger partial charge on any atom is -0.342 e. The van der Waals surface area contributed by atoms with E-state index in [2.05, 4.69) is 36.0 Å². The smallest absolute Gasteiger partial charge is 0.274 e. The largest absolute Gasteiger partial charge is 0.342 e. The van der Waals surface area contributed by atoms with Crippen LogP contribution in [0.15, 0.2) is 39.5 Å². The van der Waals surface area contributed by atoms with Crippen molar-refractivity contribution in [3.05, 3.63) is 40.6 Å². The fourth-order valence-electron chi connectivity index (χ4n) is 1.56. The number of rotatable bonds is 2. The Kier molecular flexibility index (Phi) is 2.85. The minimum atomic E-state index is 0.314. The van der Waals surface area contributed by atoms with Gasteiger partial charge in [0, 0.05) is 10.7 Å². The highest BCUT2D eigenvalue weighted by Crippen LogP contribution is 2.25. The van der Waals surface area contributed by atoms with E-state index < -0.39 is 0 Å². The number of aromatic nitrogens is 4. The van der Waals surface area contributed by atoms with Gasteiger partial charge in [-0.05, 0) is 40.2 Å². The third-order valence-corrected chi connectivity index (χ3v) is 3.07. The third-order valence-electron chi connectivity index (χ3n) is 2.43. The Morgan fingerprint density at radius 2 is 2.21 bits per heavy atom. The molecule has 0 amide bonds. The molecule has 1 N–H and O–H groups in total. The number of nitrogens with zero attached hydrogens (tertiary/aromatic N) is 4. The molecule has 0 aliphatic heterocycles. The summed E-state index contributed by atoms with van der Waals surface area (Å²) in [7, 11) is 0. The van der Waals surface area contributed by atoms with Crippen molar-refractivity contribution in [2.24, 2.45) is 0 Å². The summed E-state index contributed by atoms with van der Waals surface area (Å²) in [4.78, 5) is 11.3. The Bertz CT molecular complexity index is 770. The van der Waals surface area contributed by atoms with E-state index >= 15 is 0 Å². The first-order valence-electron chi connectivity index (χ1n) is 5.32. The van der Waals surface area contributed by atoms with E-state index in [1.54, 1.807) is 24.4 Å². The second-order valence-corrected chi connectivity index (χ2v) is 4.51. The number of nitrogens with one attached hydrogen (secondary N) is 1. The van der Waals surface area contributed by atoms with Gasteiger partial charge in [0.1, 0.15) is 23.2 Å². The lowest BCUT2D eigenvalue weighted by Gasteiger charge is -1.95. The van der Waals surface area contributed by atoms with Crippen LogP contribution in [-0.2, 0) is 0 Å². The maximum Gasteiger partial charge on any atom is 0.274 e. The van der Waals surface area contributed by atoms with Crippen molar-refractivity contribution in [2.45, 2.75) is 0 Å². The van der Waals surface area contributed by atoms with Crippen molar-refractivity contribution in [3.8, 4) is 29.2 Å². The van der Waals surface area contributed by atoms with Crippen LogP contribution < -0.4 is 0 Å². The molecule has 92 valence electrons. The molecule has 0 aliphatic rings. The van der Waals surface area contributed by atoms with Gasteiger partial charge in [0.2, 0.25) is 5.82 Å². The molecule has 0 aliphatic carbocycles. The second-order valence-electron chi connectivity index (χ2n) is 3.65. The zero-order valence-electron chi connectivity index (χ0n) is 9.46. The zero-order chi connectivity index (χ0) is 13.2. The fourth-order valence-corrected chi connectivity index (χ4v) is 2.00. The molecular weight excluding hydrogens is 310 g/mol. The predicted octanol–water partition coefficient (Wildman–Crippen LogP) is 2.76. The lowest BCUT2D eigenvalue weighted by atomic mass is 10.3. The zero-order valence-corrected chi connectivity index (χ0v) is 11.0. The molecule has 0 bridgehead atoms. The quantitative estimate of drug-likeness (QED) is 0.785. The highest BCUT2D eigenvalue weighted by molar-refractivity contribution is 9.10. The van der Waals surface area contributed by atoms with Gasteiger partial charge in [-0.25, -0.2) is 0 Å². The van der Waals surface area contributed by atoms with Crippen LogP contribution in [0, 0.1) is 11.3 Å². The van der Waals surface area contributed by atoms with Gasteiger partial charge in [0.05, 0.1) is 0 Å². The number of hydrogen-bond donors (Lipinski definition) is 1. The van der Waals surface area contributed by atoms with Crippen LogP contribution in [0.2, 0.25) is 0 Å². The topological polar surface area (TPSA) is 91.4 Å². The third kappa shape index (κ3) is 2.13. The molecule has 0 atom stereocenters. The first kappa shape index (κ1) is 11.6. The van der Waals surface area contributed by atoms with Gasteiger partial charge in [-0.3, -0.25) is 4.98 Å². The molecule has 0 saturated carbocycles. The summed E-state index contributed by atoms with van der Waals surface area (Å²) < 4.78 is 5.94. The monoisotopic (exact) mass is 315 g/mol. The van der Waals surface area contributed by atoms with Gasteiger partial charge in [0.25, 0.3) is 5.89 Å². The summed E-state index contributed by atoms with van der Waals surface area (Å²) >= 11 is 3.38. The summed E-state index contributed by atoms with van der Waals surface area (Å²) in [5.74, 6) is 0.699. The molecule has 0 unspecified atom stereocenters. The molecule has 3 aromatic rings. The summed E-state index contributed by atoms with van der Waals surface area (Å²) in [6.07, 6.45) is 1.65. The van der Waals surface area contributed by atoms with E-state index in [4.69, 9.17) is 9.78 Å². The van der Waals surface area contributed by atoms with Gasteiger partial charge in [-0.2, -0.15) is 10.2 Å². The highest BCUT2D eigenvalue weighted by atomic mass is 79.9. The first-order chi connectivity index (χ1) is 9.28. The van der Waals surface area contributed by atoms with Gasteiger partial charge >= 0.3 is 0 Å². The Morgan fingerprint density at radius 1 is 1.32 bits per heavy atom. The van der Waals surface area contributed by atoms with E-state index in [1.807, 2.05) is 12.1 Å². The van der Waals surface area contributed by atoms with Crippen LogP contribution in [0.3, 0.4) is 0 Å². The Balaban J connectivity index is 2.00. The molecule has 19 heavy (non-hydrogen) atoms. The van der Waals surface area contributed by atoms with E-state index in [-0.39, 0.29) is 0 Å². The van der Waals surface area contributed by atoms with Crippen LogP contribution in [0.1, 0.15) is 5.69 Å². The number of nitriles is 1. The van der Waals surface area contributed by atoms with E-state index in [9.17, 15) is 0 Å². The summed E-state index contributed by atoms with van der Waals surface area (Å²) in [5.41, 5.74) is 1.64. The van der Waals surface area contributed by atoms with Crippen molar-refractivity contribution in [1.29, 1.82) is 5.26 Å². The molecule has 0 aromatic carbocycles. The molecule has 7 heteroatoms. The first-order valence-corrected chi connectivity index (χ1v) is 6.11. The van der Waals surface area contributed by atoms with Gasteiger partial charge < -0.3 is 9.51 Å². The molecule has 0 saturated heterocycles. The van der Waals surface area contributed by atoms with Crippen LogP contribution in [0.4, 0.5) is 0 Å². The predicted molar refractivity (Wildman–Crippen MR) is 69.7 cm³/mol. The molecule has 0 radical (unpaired) electrons. The molecule has 3 rings (SSSR count). The van der Waals surface area contributed by atoms with Crippen LogP contribution in [0.5, 0.6) is 0 Å². The fraction of sp³-hybridized carbons (Fsp3) is 0. The van der Waals surface area contributed by atoms with Crippen molar-refractivity contribution in [3.63, 3.8) is 0 Å². The number of halogens is 1. The van der Waals surface area contributed by atoms with Gasteiger partial charge in [-0.15, -0.1) is 0 Å². The summed E-state index contributed by atoms with van der Waals surface area (Å²) in [5, 5.41) is 12.6. The number of hydrogen-bond acceptors (Lipinski definition) is 5. The van der Waals surface area contributed by atoms with Crippen molar-refractivity contribution in [2.75, 3.05) is 0 Å². The van der Waals surface area contributed by atoms with E-state index in [0.29, 0.717) is 28.8 Å². The van der Waals surface area contributed by atoms with Gasteiger partial charge in [-0.1, -0.05) is 5.16 Å². The number of H-pyrrole nitrogens is 1. The van der Waals surface area contributed by atoms with Crippen LogP contribution >= 0.6 is 15.9 Å². The van der Waals surface area contributed by atoms with E-state index in [1.165, 1.54) is 0 Å². The Hall–Kier alpha value is -2.46. The molecule has 3 heterocycles. The minimum absolute atomic E-state index is 0.314. The number of pyridine rings is 1. The highest BCUT2D eigenvalue weighted by Gasteiger charge is 2.14. The normalized spacial score (nSPS) is 10.3. The summed E-state index contributed by atoms with van der Waals surface area (Å²) in [6.45, 7) is 0. The molecule has 3 aromatic heterocycles. The van der Waals surface area contributed by atoms with Crippen molar-refractivity contribution < 1.29 is 4.52 Å².